The molecule has 1 N–H and O–H groups in total. The van der Waals surface area contributed by atoms with Crippen LogP contribution in [0.2, 0.25) is 0 Å². The van der Waals surface area contributed by atoms with Gasteiger partial charge in [0.1, 0.15) is 5.82 Å². The Morgan fingerprint density at radius 1 is 1.19 bits per heavy atom. The Morgan fingerprint density at radius 3 is 2.70 bits per heavy atom. The molecular formula is C22H32N4O. The number of nitrogens with zero attached hydrogens (tertiary/aromatic N) is 3. The van der Waals surface area contributed by atoms with Crippen molar-refractivity contribution in [3.8, 4) is 0 Å². The van der Waals surface area contributed by atoms with Gasteiger partial charge in [-0.25, -0.2) is 4.98 Å². The van der Waals surface area contributed by atoms with Crippen molar-refractivity contribution in [1.82, 2.24) is 19.8 Å². The molecule has 27 heavy (non-hydrogen) atoms. The number of nitrogens with one attached hydrogen (secondary N) is 1. The van der Waals surface area contributed by atoms with E-state index in [0.717, 1.165) is 42.8 Å². The summed E-state index contributed by atoms with van der Waals surface area (Å²) in [5, 5.41) is 3.29. The van der Waals surface area contributed by atoms with Crippen molar-refractivity contribution < 1.29 is 4.79 Å². The molecule has 2 fully saturated rings. The van der Waals surface area contributed by atoms with E-state index in [9.17, 15) is 4.79 Å². The van der Waals surface area contributed by atoms with Crippen molar-refractivity contribution in [3.05, 3.63) is 30.1 Å². The fourth-order valence-corrected chi connectivity index (χ4v) is 5.04. The second-order valence-electron chi connectivity index (χ2n) is 8.12. The number of piperidine rings is 1. The van der Waals surface area contributed by atoms with Gasteiger partial charge in [-0.2, -0.15) is 0 Å². The first kappa shape index (κ1) is 18.5. The standard InChI is InChI=1S/C22H32N4O/c1-3-25-19-13-7-6-12-18(19)24-21(25)16(2)23-22(27)20-14-8-9-15-26(20)17-10-4-5-11-17/h6-7,12-13,16-17,20H,3-5,8-11,14-15H2,1-2H3,(H,23,27). The topological polar surface area (TPSA) is 50.2 Å². The first-order chi connectivity index (χ1) is 13.2. The summed E-state index contributed by atoms with van der Waals surface area (Å²) >= 11 is 0. The van der Waals surface area contributed by atoms with E-state index in [1.54, 1.807) is 0 Å². The number of benzene rings is 1. The van der Waals surface area contributed by atoms with Crippen LogP contribution < -0.4 is 5.32 Å². The summed E-state index contributed by atoms with van der Waals surface area (Å²) in [4.78, 5) is 20.5. The van der Waals surface area contributed by atoms with Crippen LogP contribution in [0.5, 0.6) is 0 Å². The molecule has 1 aromatic carbocycles. The fourth-order valence-electron chi connectivity index (χ4n) is 5.04. The van der Waals surface area contributed by atoms with Crippen molar-refractivity contribution in [3.63, 3.8) is 0 Å². The molecule has 1 saturated heterocycles. The van der Waals surface area contributed by atoms with Gasteiger partial charge in [0.25, 0.3) is 0 Å². The Bertz CT molecular complexity index is 793. The van der Waals surface area contributed by atoms with Crippen molar-refractivity contribution in [2.75, 3.05) is 6.54 Å². The summed E-state index contributed by atoms with van der Waals surface area (Å²) in [6, 6.07) is 8.77. The third-order valence-corrected chi connectivity index (χ3v) is 6.39. The number of fused-ring (bicyclic) bond motifs is 1. The summed E-state index contributed by atoms with van der Waals surface area (Å²) < 4.78 is 2.22. The highest BCUT2D eigenvalue weighted by atomic mass is 16.2. The lowest BCUT2D eigenvalue weighted by Gasteiger charge is -2.39. The van der Waals surface area contributed by atoms with E-state index in [4.69, 9.17) is 4.98 Å². The largest absolute Gasteiger partial charge is 0.345 e. The van der Waals surface area contributed by atoms with Gasteiger partial charge >= 0.3 is 0 Å². The minimum absolute atomic E-state index is 0.0313. The Labute approximate surface area is 162 Å². The van der Waals surface area contributed by atoms with Gasteiger partial charge in [-0.3, -0.25) is 9.69 Å². The molecule has 2 aliphatic rings. The molecule has 2 heterocycles. The number of aryl methyl sites for hydroxylation is 1. The monoisotopic (exact) mass is 368 g/mol. The summed E-state index contributed by atoms with van der Waals surface area (Å²) in [6.07, 6.45) is 8.50. The number of para-hydroxylation sites is 2. The first-order valence-corrected chi connectivity index (χ1v) is 10.7. The number of rotatable bonds is 5. The van der Waals surface area contributed by atoms with Crippen LogP contribution in [0.4, 0.5) is 0 Å². The van der Waals surface area contributed by atoms with E-state index in [1.807, 2.05) is 18.2 Å². The highest BCUT2D eigenvalue weighted by Gasteiger charge is 2.35. The van der Waals surface area contributed by atoms with E-state index in [1.165, 1.54) is 32.1 Å². The van der Waals surface area contributed by atoms with Crippen LogP contribution in [0.3, 0.4) is 0 Å². The molecule has 2 atom stereocenters. The second-order valence-corrected chi connectivity index (χ2v) is 8.12. The molecule has 4 rings (SSSR count). The van der Waals surface area contributed by atoms with E-state index in [2.05, 4.69) is 34.7 Å². The van der Waals surface area contributed by atoms with Gasteiger partial charge in [0, 0.05) is 12.6 Å². The summed E-state index contributed by atoms with van der Waals surface area (Å²) in [7, 11) is 0. The molecule has 5 nitrogen and oxygen atoms in total. The van der Waals surface area contributed by atoms with E-state index in [-0.39, 0.29) is 18.0 Å². The Morgan fingerprint density at radius 2 is 1.93 bits per heavy atom. The zero-order valence-electron chi connectivity index (χ0n) is 16.7. The molecule has 146 valence electrons. The molecule has 1 aromatic heterocycles. The molecule has 1 amide bonds. The molecule has 5 heteroatoms. The molecule has 1 aliphatic heterocycles. The average Bonchev–Trinajstić information content (AvgIpc) is 3.35. The second kappa shape index (κ2) is 8.01. The number of amides is 1. The Kier molecular flexibility index (Phi) is 5.48. The SMILES string of the molecule is CCn1c(C(C)NC(=O)C2CCCCN2C2CCCC2)nc2ccccc21. The van der Waals surface area contributed by atoms with Crippen LogP contribution in [-0.2, 0) is 11.3 Å². The van der Waals surface area contributed by atoms with Crippen LogP contribution in [0.15, 0.2) is 24.3 Å². The van der Waals surface area contributed by atoms with Crippen LogP contribution in [0.1, 0.15) is 70.7 Å². The number of carbonyl (C=O) groups excluding carboxylic acids is 1. The number of imidazole rings is 1. The van der Waals surface area contributed by atoms with Gasteiger partial charge in [-0.05, 0) is 58.2 Å². The van der Waals surface area contributed by atoms with Crippen LogP contribution in [-0.4, -0.2) is 39.0 Å². The smallest absolute Gasteiger partial charge is 0.237 e. The zero-order chi connectivity index (χ0) is 18.8. The third-order valence-electron chi connectivity index (χ3n) is 6.39. The number of hydrogen-bond donors (Lipinski definition) is 1. The highest BCUT2D eigenvalue weighted by Crippen LogP contribution is 2.30. The molecular weight excluding hydrogens is 336 g/mol. The number of hydrogen-bond acceptors (Lipinski definition) is 3. The Hall–Kier alpha value is -1.88. The minimum Gasteiger partial charge on any atom is -0.345 e. The third kappa shape index (κ3) is 3.62. The van der Waals surface area contributed by atoms with Crippen LogP contribution >= 0.6 is 0 Å². The molecule has 0 spiro atoms. The van der Waals surface area contributed by atoms with E-state index in [0.29, 0.717) is 6.04 Å². The maximum atomic E-state index is 13.2. The predicted octanol–water partition coefficient (Wildman–Crippen LogP) is 4.03. The number of likely N-dealkylation sites (tertiary alicyclic amines) is 1. The number of aromatic nitrogens is 2. The molecule has 2 aromatic rings. The fraction of sp³-hybridized carbons (Fsp3) is 0.636. The van der Waals surface area contributed by atoms with Gasteiger partial charge in [0.05, 0.1) is 23.1 Å². The van der Waals surface area contributed by atoms with Crippen molar-refractivity contribution in [2.45, 2.75) is 83.5 Å². The van der Waals surface area contributed by atoms with Gasteiger partial charge in [0.2, 0.25) is 5.91 Å². The van der Waals surface area contributed by atoms with Gasteiger partial charge in [0.15, 0.2) is 0 Å². The lowest BCUT2D eigenvalue weighted by atomic mass is 9.98. The summed E-state index contributed by atoms with van der Waals surface area (Å²) in [5.74, 6) is 1.14. The minimum atomic E-state index is -0.0859. The van der Waals surface area contributed by atoms with Gasteiger partial charge in [-0.1, -0.05) is 31.4 Å². The van der Waals surface area contributed by atoms with E-state index >= 15 is 0 Å². The normalized spacial score (nSPS) is 23.0. The average molecular weight is 369 g/mol. The van der Waals surface area contributed by atoms with Crippen LogP contribution in [0, 0.1) is 0 Å². The summed E-state index contributed by atoms with van der Waals surface area (Å²) in [6.45, 7) is 6.13. The highest BCUT2D eigenvalue weighted by molar-refractivity contribution is 5.82. The van der Waals surface area contributed by atoms with Crippen molar-refractivity contribution >= 4 is 16.9 Å². The zero-order valence-corrected chi connectivity index (χ0v) is 16.7. The first-order valence-electron chi connectivity index (χ1n) is 10.7. The maximum Gasteiger partial charge on any atom is 0.237 e. The predicted molar refractivity (Wildman–Crippen MR) is 109 cm³/mol. The summed E-state index contributed by atoms with van der Waals surface area (Å²) in [5.41, 5.74) is 2.14. The Balaban J connectivity index is 1.51. The molecule has 0 radical (unpaired) electrons. The molecule has 1 aliphatic carbocycles. The quantitative estimate of drug-likeness (QED) is 0.867. The molecule has 2 unspecified atom stereocenters. The lowest BCUT2D eigenvalue weighted by Crippen LogP contribution is -2.53. The van der Waals surface area contributed by atoms with Gasteiger partial charge in [-0.15, -0.1) is 0 Å². The molecule has 0 bridgehead atoms. The van der Waals surface area contributed by atoms with Crippen LogP contribution in [0.25, 0.3) is 11.0 Å². The van der Waals surface area contributed by atoms with Crippen molar-refractivity contribution in [1.29, 1.82) is 0 Å². The van der Waals surface area contributed by atoms with Crippen molar-refractivity contribution in [2.24, 2.45) is 0 Å². The lowest BCUT2D eigenvalue weighted by molar-refractivity contribution is -0.129. The van der Waals surface area contributed by atoms with Gasteiger partial charge < -0.3 is 9.88 Å². The molecule has 1 saturated carbocycles. The van der Waals surface area contributed by atoms with E-state index < -0.39 is 0 Å². The number of carbonyl (C=O) groups is 1. The maximum absolute atomic E-state index is 13.2.